The Morgan fingerprint density at radius 3 is 2.52 bits per heavy atom. The molecule has 128 valence electrons. The fourth-order valence-electron chi connectivity index (χ4n) is 2.51. The van der Waals surface area contributed by atoms with Crippen molar-refractivity contribution in [2.24, 2.45) is 0 Å². The lowest BCUT2D eigenvalue weighted by Crippen LogP contribution is -2.20. The highest BCUT2D eigenvalue weighted by Crippen LogP contribution is 2.13. The summed E-state index contributed by atoms with van der Waals surface area (Å²) >= 11 is 0. The third-order valence-electron chi connectivity index (χ3n) is 3.79. The SMILES string of the molecule is CNC(=O)c1ccc(NC(=O)CCn2c(=O)oc3ccccc32)cc1. The van der Waals surface area contributed by atoms with Crippen LogP contribution in [0.2, 0.25) is 0 Å². The first-order valence-electron chi connectivity index (χ1n) is 7.79. The highest BCUT2D eigenvalue weighted by molar-refractivity contribution is 5.95. The van der Waals surface area contributed by atoms with E-state index >= 15 is 0 Å². The molecule has 0 radical (unpaired) electrons. The summed E-state index contributed by atoms with van der Waals surface area (Å²) in [5.74, 6) is -0.905. The van der Waals surface area contributed by atoms with Gasteiger partial charge in [0.25, 0.3) is 5.91 Å². The fraction of sp³-hybridized carbons (Fsp3) is 0.167. The van der Waals surface area contributed by atoms with Crippen LogP contribution >= 0.6 is 0 Å². The van der Waals surface area contributed by atoms with Gasteiger partial charge in [-0.05, 0) is 36.4 Å². The third-order valence-corrected chi connectivity index (χ3v) is 3.79. The molecule has 0 aliphatic carbocycles. The minimum absolute atomic E-state index is 0.126. The Morgan fingerprint density at radius 2 is 1.80 bits per heavy atom. The molecule has 2 N–H and O–H groups in total. The maximum Gasteiger partial charge on any atom is 0.419 e. The quantitative estimate of drug-likeness (QED) is 0.743. The molecule has 25 heavy (non-hydrogen) atoms. The molecule has 1 heterocycles. The van der Waals surface area contributed by atoms with Crippen molar-refractivity contribution in [3.63, 3.8) is 0 Å². The lowest BCUT2D eigenvalue weighted by molar-refractivity contribution is -0.116. The lowest BCUT2D eigenvalue weighted by atomic mass is 10.2. The number of benzene rings is 2. The summed E-state index contributed by atoms with van der Waals surface area (Å²) in [6.45, 7) is 0.220. The number of carbonyl (C=O) groups excluding carboxylic acids is 2. The minimum atomic E-state index is -0.482. The molecule has 3 aromatic rings. The zero-order chi connectivity index (χ0) is 17.8. The number of rotatable bonds is 5. The Labute approximate surface area is 143 Å². The number of nitrogens with zero attached hydrogens (tertiary/aromatic N) is 1. The van der Waals surface area contributed by atoms with Crippen LogP contribution in [0.4, 0.5) is 5.69 Å². The van der Waals surface area contributed by atoms with Crippen molar-refractivity contribution in [1.29, 1.82) is 0 Å². The number of carbonyl (C=O) groups is 2. The van der Waals surface area contributed by atoms with Gasteiger partial charge in [0, 0.05) is 31.3 Å². The number of hydrogen-bond donors (Lipinski definition) is 2. The first-order valence-corrected chi connectivity index (χ1v) is 7.79. The molecule has 0 unspecified atom stereocenters. The molecule has 0 spiro atoms. The second-order valence-corrected chi connectivity index (χ2v) is 5.44. The number of hydrogen-bond acceptors (Lipinski definition) is 4. The average molecular weight is 339 g/mol. The van der Waals surface area contributed by atoms with Crippen LogP contribution in [0.15, 0.2) is 57.7 Å². The second-order valence-electron chi connectivity index (χ2n) is 5.44. The smallest absolute Gasteiger partial charge is 0.408 e. The summed E-state index contributed by atoms with van der Waals surface area (Å²) in [5.41, 5.74) is 2.26. The van der Waals surface area contributed by atoms with E-state index in [9.17, 15) is 14.4 Å². The molecule has 3 rings (SSSR count). The van der Waals surface area contributed by atoms with Crippen LogP contribution in [-0.2, 0) is 11.3 Å². The molecule has 7 heteroatoms. The molecule has 7 nitrogen and oxygen atoms in total. The standard InChI is InChI=1S/C18H17N3O4/c1-19-17(23)12-6-8-13(9-7-12)20-16(22)10-11-21-14-4-2-3-5-15(14)25-18(21)24/h2-9H,10-11H2,1H3,(H,19,23)(H,20,22). The Balaban J connectivity index is 1.64. The second kappa shape index (κ2) is 7.04. The Bertz CT molecular complexity index is 970. The summed E-state index contributed by atoms with van der Waals surface area (Å²) < 4.78 is 6.57. The van der Waals surface area contributed by atoms with E-state index in [1.807, 2.05) is 6.07 Å². The summed E-state index contributed by atoms with van der Waals surface area (Å²) in [6.07, 6.45) is 0.126. The molecule has 2 aromatic carbocycles. The summed E-state index contributed by atoms with van der Waals surface area (Å²) in [4.78, 5) is 35.4. The predicted octanol–water partition coefficient (Wildman–Crippen LogP) is 1.98. The number of oxazole rings is 1. The van der Waals surface area contributed by atoms with Gasteiger partial charge >= 0.3 is 5.76 Å². The van der Waals surface area contributed by atoms with E-state index in [4.69, 9.17) is 4.42 Å². The average Bonchev–Trinajstić information content (AvgIpc) is 2.95. The normalized spacial score (nSPS) is 10.6. The van der Waals surface area contributed by atoms with Crippen LogP contribution < -0.4 is 16.4 Å². The topological polar surface area (TPSA) is 93.3 Å². The van der Waals surface area contributed by atoms with Crippen LogP contribution in [0.5, 0.6) is 0 Å². The zero-order valence-electron chi connectivity index (χ0n) is 13.6. The Hall–Kier alpha value is -3.35. The van der Waals surface area contributed by atoms with E-state index in [2.05, 4.69) is 10.6 Å². The highest BCUT2D eigenvalue weighted by Gasteiger charge is 2.11. The number of fused-ring (bicyclic) bond motifs is 1. The molecule has 1 aromatic heterocycles. The van der Waals surface area contributed by atoms with Gasteiger partial charge in [-0.15, -0.1) is 0 Å². The molecule has 0 saturated heterocycles. The van der Waals surface area contributed by atoms with Crippen LogP contribution in [0.3, 0.4) is 0 Å². The molecule has 0 aliphatic rings. The number of nitrogens with one attached hydrogen (secondary N) is 2. The van der Waals surface area contributed by atoms with E-state index in [-0.39, 0.29) is 24.8 Å². The van der Waals surface area contributed by atoms with Gasteiger partial charge in [-0.25, -0.2) is 4.79 Å². The van der Waals surface area contributed by atoms with E-state index in [0.717, 1.165) is 0 Å². The lowest BCUT2D eigenvalue weighted by Gasteiger charge is -2.07. The van der Waals surface area contributed by atoms with Gasteiger partial charge in [0.2, 0.25) is 5.91 Å². The largest absolute Gasteiger partial charge is 0.419 e. The van der Waals surface area contributed by atoms with Crippen molar-refractivity contribution >= 4 is 28.6 Å². The van der Waals surface area contributed by atoms with Crippen molar-refractivity contribution in [3.05, 3.63) is 64.6 Å². The van der Waals surface area contributed by atoms with Gasteiger partial charge in [-0.2, -0.15) is 0 Å². The number of amides is 2. The van der Waals surface area contributed by atoms with Crippen LogP contribution in [0.1, 0.15) is 16.8 Å². The van der Waals surface area contributed by atoms with Gasteiger partial charge in [0.1, 0.15) is 0 Å². The van der Waals surface area contributed by atoms with Crippen molar-refractivity contribution < 1.29 is 14.0 Å². The predicted molar refractivity (Wildman–Crippen MR) is 93.6 cm³/mol. The number of anilines is 1. The molecule has 0 bridgehead atoms. The van der Waals surface area contributed by atoms with Gasteiger partial charge in [0.15, 0.2) is 5.58 Å². The fourth-order valence-corrected chi connectivity index (χ4v) is 2.51. The van der Waals surface area contributed by atoms with Crippen molar-refractivity contribution in [2.45, 2.75) is 13.0 Å². The summed E-state index contributed by atoms with van der Waals surface area (Å²) in [5, 5.41) is 5.27. The van der Waals surface area contributed by atoms with Crippen molar-refractivity contribution in [2.75, 3.05) is 12.4 Å². The maximum atomic E-state index is 12.1. The zero-order valence-corrected chi connectivity index (χ0v) is 13.6. The number of aromatic nitrogens is 1. The molecular formula is C18H17N3O4. The molecule has 0 fully saturated rings. The monoisotopic (exact) mass is 339 g/mol. The van der Waals surface area contributed by atoms with E-state index in [1.165, 1.54) is 4.57 Å². The minimum Gasteiger partial charge on any atom is -0.408 e. The van der Waals surface area contributed by atoms with Gasteiger partial charge < -0.3 is 15.1 Å². The molecule has 2 amide bonds. The Kier molecular flexibility index (Phi) is 4.65. The molecule has 0 atom stereocenters. The van der Waals surface area contributed by atoms with Gasteiger partial charge in [0.05, 0.1) is 5.52 Å². The summed E-state index contributed by atoms with van der Waals surface area (Å²) in [6, 6.07) is 13.6. The van der Waals surface area contributed by atoms with E-state index < -0.39 is 5.76 Å². The highest BCUT2D eigenvalue weighted by atomic mass is 16.4. The molecule has 0 saturated carbocycles. The number of aryl methyl sites for hydroxylation is 1. The van der Waals surface area contributed by atoms with Gasteiger partial charge in [-0.1, -0.05) is 12.1 Å². The molecular weight excluding hydrogens is 322 g/mol. The first kappa shape index (κ1) is 16.5. The van der Waals surface area contributed by atoms with E-state index in [0.29, 0.717) is 22.4 Å². The number of para-hydroxylation sites is 2. The molecule has 0 aliphatic heterocycles. The maximum absolute atomic E-state index is 12.1. The first-order chi connectivity index (χ1) is 12.1. The summed E-state index contributed by atoms with van der Waals surface area (Å²) in [7, 11) is 1.56. The van der Waals surface area contributed by atoms with Crippen LogP contribution in [0, 0.1) is 0 Å². The van der Waals surface area contributed by atoms with Gasteiger partial charge in [-0.3, -0.25) is 14.2 Å². The Morgan fingerprint density at radius 1 is 1.08 bits per heavy atom. The van der Waals surface area contributed by atoms with Crippen molar-refractivity contribution in [1.82, 2.24) is 9.88 Å². The van der Waals surface area contributed by atoms with Crippen LogP contribution in [-0.4, -0.2) is 23.4 Å². The van der Waals surface area contributed by atoms with Crippen LogP contribution in [0.25, 0.3) is 11.1 Å². The third kappa shape index (κ3) is 3.60. The van der Waals surface area contributed by atoms with Crippen molar-refractivity contribution in [3.8, 4) is 0 Å². The van der Waals surface area contributed by atoms with E-state index in [1.54, 1.807) is 49.5 Å².